The van der Waals surface area contributed by atoms with Gasteiger partial charge in [0, 0.05) is 25.6 Å². The highest BCUT2D eigenvalue weighted by molar-refractivity contribution is 5.76. The molecule has 2 aromatic rings. The number of amides is 1. The van der Waals surface area contributed by atoms with Crippen LogP contribution in [0, 0.1) is 0 Å². The van der Waals surface area contributed by atoms with Gasteiger partial charge in [-0.25, -0.2) is 4.98 Å². The summed E-state index contributed by atoms with van der Waals surface area (Å²) in [5, 5.41) is 2.91. The summed E-state index contributed by atoms with van der Waals surface area (Å²) in [6.07, 6.45) is 3.96. The van der Waals surface area contributed by atoms with Crippen LogP contribution in [-0.2, 0) is 11.3 Å². The second kappa shape index (κ2) is 7.05. The van der Waals surface area contributed by atoms with Crippen LogP contribution in [0.4, 0.5) is 0 Å². The number of fused-ring (bicyclic) bond motifs is 1. The highest BCUT2D eigenvalue weighted by atomic mass is 16.1. The highest BCUT2D eigenvalue weighted by Gasteiger charge is 2.06. The van der Waals surface area contributed by atoms with E-state index in [1.54, 1.807) is 0 Å². The molecule has 0 spiro atoms. The molecule has 0 aliphatic carbocycles. The number of imidazole rings is 1. The normalized spacial score (nSPS) is 12.5. The van der Waals surface area contributed by atoms with E-state index >= 15 is 0 Å². The first-order valence-electron chi connectivity index (χ1n) is 7.13. The van der Waals surface area contributed by atoms with Crippen LogP contribution in [-0.4, -0.2) is 28.0 Å². The van der Waals surface area contributed by atoms with Gasteiger partial charge in [0.25, 0.3) is 0 Å². The lowest BCUT2D eigenvalue weighted by molar-refractivity contribution is -0.121. The number of nitrogens with two attached hydrogens (primary N) is 1. The summed E-state index contributed by atoms with van der Waals surface area (Å²) >= 11 is 0. The molecular weight excluding hydrogens is 252 g/mol. The van der Waals surface area contributed by atoms with E-state index in [4.69, 9.17) is 5.73 Å². The van der Waals surface area contributed by atoms with Gasteiger partial charge in [0.05, 0.1) is 17.4 Å². The molecule has 1 unspecified atom stereocenters. The number of nitrogens with zero attached hydrogens (tertiary/aromatic N) is 2. The van der Waals surface area contributed by atoms with Gasteiger partial charge < -0.3 is 15.6 Å². The minimum absolute atomic E-state index is 0.0346. The first kappa shape index (κ1) is 14.5. The summed E-state index contributed by atoms with van der Waals surface area (Å²) in [6.45, 7) is 3.50. The lowest BCUT2D eigenvalue weighted by atomic mass is 10.1. The van der Waals surface area contributed by atoms with E-state index in [2.05, 4.69) is 20.9 Å². The second-order valence-electron chi connectivity index (χ2n) is 5.00. The van der Waals surface area contributed by atoms with E-state index in [0.717, 1.165) is 30.4 Å². The van der Waals surface area contributed by atoms with Crippen molar-refractivity contribution in [1.29, 1.82) is 0 Å². The van der Waals surface area contributed by atoms with Crippen molar-refractivity contribution in [3.05, 3.63) is 30.6 Å². The molecule has 1 atom stereocenters. The zero-order valence-electron chi connectivity index (χ0n) is 11.9. The average Bonchev–Trinajstić information content (AvgIpc) is 2.87. The van der Waals surface area contributed by atoms with Crippen LogP contribution < -0.4 is 11.1 Å². The maximum atomic E-state index is 11.6. The molecule has 108 valence electrons. The number of aryl methyl sites for hydroxylation is 1. The zero-order valence-corrected chi connectivity index (χ0v) is 11.9. The number of nitrogens with one attached hydrogen (secondary N) is 1. The first-order chi connectivity index (χ1) is 9.70. The standard InChI is InChI=1S/C15H22N4O/c1-2-12(16)10-15(20)17-8-5-9-19-11-18-13-6-3-4-7-14(13)19/h3-4,6-7,11-12H,2,5,8-10,16H2,1H3,(H,17,20). The Balaban J connectivity index is 1.75. The second-order valence-corrected chi connectivity index (χ2v) is 5.00. The predicted octanol–water partition coefficient (Wildman–Crippen LogP) is 1.67. The molecule has 0 saturated heterocycles. The number of benzene rings is 1. The highest BCUT2D eigenvalue weighted by Crippen LogP contribution is 2.11. The van der Waals surface area contributed by atoms with E-state index in [0.29, 0.717) is 13.0 Å². The number of hydrogen-bond donors (Lipinski definition) is 2. The van der Waals surface area contributed by atoms with Gasteiger partial charge in [-0.15, -0.1) is 0 Å². The monoisotopic (exact) mass is 274 g/mol. The maximum Gasteiger partial charge on any atom is 0.221 e. The molecular formula is C15H22N4O. The zero-order chi connectivity index (χ0) is 14.4. The molecule has 1 amide bonds. The molecule has 0 fully saturated rings. The van der Waals surface area contributed by atoms with Gasteiger partial charge in [0.2, 0.25) is 5.91 Å². The van der Waals surface area contributed by atoms with Gasteiger partial charge >= 0.3 is 0 Å². The van der Waals surface area contributed by atoms with Crippen molar-refractivity contribution in [2.75, 3.05) is 6.54 Å². The smallest absolute Gasteiger partial charge is 0.221 e. The molecule has 0 bridgehead atoms. The number of hydrogen-bond acceptors (Lipinski definition) is 3. The number of carbonyl (C=O) groups is 1. The number of rotatable bonds is 7. The van der Waals surface area contributed by atoms with Crippen LogP contribution in [0.1, 0.15) is 26.2 Å². The van der Waals surface area contributed by atoms with Gasteiger partial charge in [0.1, 0.15) is 0 Å². The largest absolute Gasteiger partial charge is 0.356 e. The van der Waals surface area contributed by atoms with Crippen molar-refractivity contribution < 1.29 is 4.79 Å². The molecule has 1 aromatic heterocycles. The number of aromatic nitrogens is 2. The quantitative estimate of drug-likeness (QED) is 0.754. The Bertz CT molecular complexity index is 564. The van der Waals surface area contributed by atoms with Crippen molar-refractivity contribution in [3.63, 3.8) is 0 Å². The summed E-state index contributed by atoms with van der Waals surface area (Å²) in [5.41, 5.74) is 7.88. The summed E-state index contributed by atoms with van der Waals surface area (Å²) in [7, 11) is 0. The minimum atomic E-state index is -0.0346. The Hall–Kier alpha value is -1.88. The predicted molar refractivity (Wildman–Crippen MR) is 80.2 cm³/mol. The molecule has 0 saturated carbocycles. The van der Waals surface area contributed by atoms with E-state index < -0.39 is 0 Å². The van der Waals surface area contributed by atoms with Gasteiger partial charge in [-0.1, -0.05) is 19.1 Å². The van der Waals surface area contributed by atoms with Crippen molar-refractivity contribution in [2.24, 2.45) is 5.73 Å². The van der Waals surface area contributed by atoms with Crippen molar-refractivity contribution in [2.45, 2.75) is 38.8 Å². The fraction of sp³-hybridized carbons (Fsp3) is 0.467. The van der Waals surface area contributed by atoms with E-state index in [9.17, 15) is 4.79 Å². The van der Waals surface area contributed by atoms with E-state index in [-0.39, 0.29) is 11.9 Å². The van der Waals surface area contributed by atoms with Crippen molar-refractivity contribution in [1.82, 2.24) is 14.9 Å². The Morgan fingerprint density at radius 1 is 1.45 bits per heavy atom. The van der Waals surface area contributed by atoms with Gasteiger partial charge in [-0.3, -0.25) is 4.79 Å². The molecule has 0 aliphatic heterocycles. The van der Waals surface area contributed by atoms with Crippen molar-refractivity contribution >= 4 is 16.9 Å². The third-order valence-electron chi connectivity index (χ3n) is 3.40. The summed E-state index contributed by atoms with van der Waals surface area (Å²) < 4.78 is 2.11. The minimum Gasteiger partial charge on any atom is -0.356 e. The Labute approximate surface area is 119 Å². The molecule has 20 heavy (non-hydrogen) atoms. The summed E-state index contributed by atoms with van der Waals surface area (Å²) in [5.74, 6) is 0.0369. The average molecular weight is 274 g/mol. The lowest BCUT2D eigenvalue weighted by Gasteiger charge is -2.09. The molecule has 1 heterocycles. The molecule has 0 aliphatic rings. The molecule has 5 nitrogen and oxygen atoms in total. The van der Waals surface area contributed by atoms with Gasteiger partial charge in [-0.05, 0) is 25.0 Å². The lowest BCUT2D eigenvalue weighted by Crippen LogP contribution is -2.32. The molecule has 3 N–H and O–H groups in total. The van der Waals surface area contributed by atoms with E-state index in [1.165, 1.54) is 0 Å². The van der Waals surface area contributed by atoms with Gasteiger partial charge in [-0.2, -0.15) is 0 Å². The van der Waals surface area contributed by atoms with Crippen LogP contribution in [0.2, 0.25) is 0 Å². The third kappa shape index (κ3) is 3.81. The third-order valence-corrected chi connectivity index (χ3v) is 3.40. The Kier molecular flexibility index (Phi) is 5.12. The maximum absolute atomic E-state index is 11.6. The Morgan fingerprint density at radius 2 is 2.25 bits per heavy atom. The van der Waals surface area contributed by atoms with Crippen LogP contribution in [0.5, 0.6) is 0 Å². The number of carbonyl (C=O) groups excluding carboxylic acids is 1. The fourth-order valence-electron chi connectivity index (χ4n) is 2.12. The van der Waals surface area contributed by atoms with Crippen molar-refractivity contribution in [3.8, 4) is 0 Å². The Morgan fingerprint density at radius 3 is 3.05 bits per heavy atom. The molecule has 2 rings (SSSR count). The molecule has 1 aromatic carbocycles. The first-order valence-corrected chi connectivity index (χ1v) is 7.13. The SMILES string of the molecule is CCC(N)CC(=O)NCCCn1cnc2ccccc21. The topological polar surface area (TPSA) is 72.9 Å². The van der Waals surface area contributed by atoms with Crippen LogP contribution in [0.3, 0.4) is 0 Å². The number of para-hydroxylation sites is 2. The fourth-order valence-corrected chi connectivity index (χ4v) is 2.12. The molecule has 0 radical (unpaired) electrons. The summed E-state index contributed by atoms with van der Waals surface area (Å²) in [6, 6.07) is 8.01. The molecule has 5 heteroatoms. The van der Waals surface area contributed by atoms with Crippen LogP contribution in [0.15, 0.2) is 30.6 Å². The van der Waals surface area contributed by atoms with Crippen LogP contribution in [0.25, 0.3) is 11.0 Å². The summed E-state index contributed by atoms with van der Waals surface area (Å²) in [4.78, 5) is 15.9. The van der Waals surface area contributed by atoms with E-state index in [1.807, 2.05) is 31.5 Å². The van der Waals surface area contributed by atoms with Gasteiger partial charge in [0.15, 0.2) is 0 Å². The van der Waals surface area contributed by atoms with Crippen LogP contribution >= 0.6 is 0 Å².